The van der Waals surface area contributed by atoms with Gasteiger partial charge in [0, 0.05) is 5.56 Å². The average Bonchev–Trinajstić information content (AvgIpc) is 2.95. The van der Waals surface area contributed by atoms with Crippen molar-refractivity contribution in [2.75, 3.05) is 5.06 Å². The third-order valence-corrected chi connectivity index (χ3v) is 3.55. The Kier molecular flexibility index (Phi) is 3.59. The lowest BCUT2D eigenvalue weighted by atomic mass is 10.0. The Bertz CT molecular complexity index is 775. The molecule has 24 heavy (non-hydrogen) atoms. The molecule has 0 saturated carbocycles. The molecule has 10 heteroatoms. The molecule has 3 rings (SSSR count). The van der Waals surface area contributed by atoms with Crippen LogP contribution in [0.2, 0.25) is 0 Å². The highest BCUT2D eigenvalue weighted by atomic mass is 19.4. The van der Waals surface area contributed by atoms with Crippen molar-refractivity contribution in [2.45, 2.75) is 18.4 Å². The molecule has 1 atom stereocenters. The summed E-state index contributed by atoms with van der Waals surface area (Å²) in [6.45, 7) is 0. The number of rotatable bonds is 1. The third-order valence-electron chi connectivity index (χ3n) is 3.55. The van der Waals surface area contributed by atoms with Crippen LogP contribution in [-0.4, -0.2) is 20.9 Å². The maximum atomic E-state index is 13.2. The Balaban J connectivity index is 2.05. The van der Waals surface area contributed by atoms with Crippen molar-refractivity contribution in [3.8, 4) is 0 Å². The summed E-state index contributed by atoms with van der Waals surface area (Å²) in [6, 6.07) is 1.38. The van der Waals surface area contributed by atoms with Gasteiger partial charge in [0.15, 0.2) is 11.9 Å². The normalized spacial score (nSPS) is 18.4. The van der Waals surface area contributed by atoms with E-state index in [0.717, 1.165) is 42.9 Å². The zero-order valence-corrected chi connectivity index (χ0v) is 11.7. The van der Waals surface area contributed by atoms with E-state index in [9.17, 15) is 31.5 Å². The Morgan fingerprint density at radius 3 is 2.17 bits per heavy atom. The van der Waals surface area contributed by atoms with Crippen LogP contribution in [0.3, 0.4) is 0 Å². The number of aromatic nitrogens is 2. The van der Waals surface area contributed by atoms with Gasteiger partial charge in [-0.1, -0.05) is 12.1 Å². The molecule has 0 fully saturated rings. The molecule has 0 spiro atoms. The number of anilines is 1. The Morgan fingerprint density at radius 1 is 1.00 bits per heavy atom. The van der Waals surface area contributed by atoms with Crippen LogP contribution in [0.1, 0.15) is 17.2 Å². The first-order valence-corrected chi connectivity index (χ1v) is 6.56. The van der Waals surface area contributed by atoms with E-state index in [1.807, 2.05) is 0 Å². The Labute approximate surface area is 131 Å². The predicted octanol–water partition coefficient (Wildman–Crippen LogP) is 4.26. The van der Waals surface area contributed by atoms with Crippen LogP contribution < -0.4 is 5.06 Å². The second kappa shape index (κ2) is 5.26. The van der Waals surface area contributed by atoms with Crippen molar-refractivity contribution in [1.29, 1.82) is 0 Å². The van der Waals surface area contributed by atoms with Crippen molar-refractivity contribution in [3.05, 3.63) is 54.0 Å². The zero-order chi connectivity index (χ0) is 17.7. The molecule has 4 nitrogen and oxygen atoms in total. The highest BCUT2D eigenvalue weighted by Gasteiger charge is 2.44. The average molecular weight is 349 g/mol. The lowest BCUT2D eigenvalue weighted by molar-refractivity contribution is -0.155. The van der Waals surface area contributed by atoms with Crippen LogP contribution >= 0.6 is 0 Å². The molecular formula is C14H9F6N3O. The molecule has 1 aromatic heterocycles. The summed E-state index contributed by atoms with van der Waals surface area (Å²) in [6.07, 6.45) is -6.57. The van der Waals surface area contributed by atoms with Gasteiger partial charge in [-0.3, -0.25) is 9.77 Å². The van der Waals surface area contributed by atoms with Gasteiger partial charge in [-0.05, 0) is 18.2 Å². The minimum atomic E-state index is -4.66. The quantitative estimate of drug-likeness (QED) is 0.783. The fourth-order valence-corrected chi connectivity index (χ4v) is 2.40. The molecule has 2 heterocycles. The van der Waals surface area contributed by atoms with Gasteiger partial charge in [-0.25, -0.2) is 10.0 Å². The maximum Gasteiger partial charge on any atom is 0.416 e. The Morgan fingerprint density at radius 2 is 1.62 bits per heavy atom. The molecule has 0 bridgehead atoms. The van der Waals surface area contributed by atoms with Crippen LogP contribution in [0.15, 0.2) is 42.9 Å². The second-order valence-corrected chi connectivity index (χ2v) is 5.08. The first kappa shape index (κ1) is 16.4. The van der Waals surface area contributed by atoms with Gasteiger partial charge in [0.25, 0.3) is 0 Å². The Hall–Kier alpha value is -2.49. The van der Waals surface area contributed by atoms with Crippen molar-refractivity contribution in [2.24, 2.45) is 0 Å². The van der Waals surface area contributed by atoms with Crippen LogP contribution in [-0.2, 0) is 6.18 Å². The molecule has 1 unspecified atom stereocenters. The zero-order valence-electron chi connectivity index (χ0n) is 11.7. The minimum absolute atomic E-state index is 0.00667. The predicted molar refractivity (Wildman–Crippen MR) is 71.0 cm³/mol. The summed E-state index contributed by atoms with van der Waals surface area (Å²) < 4.78 is 78.0. The van der Waals surface area contributed by atoms with Gasteiger partial charge in [0.05, 0.1) is 23.8 Å². The van der Waals surface area contributed by atoms with Crippen molar-refractivity contribution in [1.82, 2.24) is 9.55 Å². The van der Waals surface area contributed by atoms with Gasteiger partial charge in [0.1, 0.15) is 0 Å². The van der Waals surface area contributed by atoms with Gasteiger partial charge in [0.2, 0.25) is 0 Å². The second-order valence-electron chi connectivity index (χ2n) is 5.08. The molecule has 1 aliphatic rings. The third kappa shape index (κ3) is 2.73. The van der Waals surface area contributed by atoms with Gasteiger partial charge < -0.3 is 0 Å². The molecule has 2 aromatic rings. The van der Waals surface area contributed by atoms with Crippen molar-refractivity contribution < 1.29 is 31.5 Å². The monoisotopic (exact) mass is 349 g/mol. The first-order chi connectivity index (χ1) is 11.1. The van der Waals surface area contributed by atoms with E-state index in [4.69, 9.17) is 0 Å². The lowest BCUT2D eigenvalue weighted by Crippen LogP contribution is -2.33. The lowest BCUT2D eigenvalue weighted by Gasteiger charge is -2.31. The smallest absolute Gasteiger partial charge is 0.299 e. The number of hydroxylamine groups is 1. The highest BCUT2D eigenvalue weighted by Crippen LogP contribution is 2.42. The van der Waals surface area contributed by atoms with Gasteiger partial charge in [-0.15, -0.1) is 0 Å². The van der Waals surface area contributed by atoms with Crippen molar-refractivity contribution >= 4 is 11.5 Å². The van der Waals surface area contributed by atoms with E-state index in [0.29, 0.717) is 9.63 Å². The minimum Gasteiger partial charge on any atom is -0.299 e. The highest BCUT2D eigenvalue weighted by molar-refractivity contribution is 5.78. The number of imidazole rings is 1. The van der Waals surface area contributed by atoms with E-state index >= 15 is 0 Å². The van der Waals surface area contributed by atoms with Crippen LogP contribution in [0.5, 0.6) is 0 Å². The fraction of sp³-hybridized carbons (Fsp3) is 0.214. The van der Waals surface area contributed by atoms with Gasteiger partial charge in [-0.2, -0.15) is 26.3 Å². The number of nitrogens with zero attached hydrogens (tertiary/aromatic N) is 3. The number of benzene rings is 1. The largest absolute Gasteiger partial charge is 0.416 e. The number of alkyl halides is 6. The van der Waals surface area contributed by atoms with Crippen LogP contribution in [0.4, 0.5) is 32.2 Å². The molecule has 0 radical (unpaired) electrons. The number of allylic oxidation sites excluding steroid dienone is 1. The molecule has 0 amide bonds. The summed E-state index contributed by atoms with van der Waals surface area (Å²) in [7, 11) is 0. The summed E-state index contributed by atoms with van der Waals surface area (Å²) in [5.74, 6) is -0.241. The fourth-order valence-electron chi connectivity index (χ4n) is 2.40. The summed E-state index contributed by atoms with van der Waals surface area (Å²) in [5.41, 5.74) is -1.21. The molecule has 1 aliphatic heterocycles. The summed E-state index contributed by atoms with van der Waals surface area (Å²) in [4.78, 5) is 3.57. The number of hydrogen-bond donors (Lipinski definition) is 1. The standard InChI is InChI=1S/C14H9F6N3O/c15-13(16,17)9-3-1-8(2-4-9)10-5-11(14(18,19)20)22-7-21-6-12(22)23(10)24/h1-7,11,24H. The number of hydrogen-bond acceptors (Lipinski definition) is 3. The van der Waals surface area contributed by atoms with E-state index in [2.05, 4.69) is 4.98 Å². The summed E-state index contributed by atoms with van der Waals surface area (Å²) >= 11 is 0. The number of halogens is 6. The SMILES string of the molecule is ON1C(c2ccc(C(F)(F)F)cc2)=CC(C(F)(F)F)n2cncc21. The molecule has 128 valence electrons. The van der Waals surface area contributed by atoms with Gasteiger partial charge >= 0.3 is 12.4 Å². The van der Waals surface area contributed by atoms with Crippen LogP contribution in [0.25, 0.3) is 5.70 Å². The van der Waals surface area contributed by atoms with Crippen LogP contribution in [0, 0.1) is 0 Å². The topological polar surface area (TPSA) is 41.3 Å². The van der Waals surface area contributed by atoms with Crippen molar-refractivity contribution in [3.63, 3.8) is 0 Å². The molecule has 1 aromatic carbocycles. The summed E-state index contributed by atoms with van der Waals surface area (Å²) in [5, 5.41) is 10.5. The molecule has 1 N–H and O–H groups in total. The number of fused-ring (bicyclic) bond motifs is 1. The molecule has 0 saturated heterocycles. The van der Waals surface area contributed by atoms with E-state index in [1.165, 1.54) is 0 Å². The van der Waals surface area contributed by atoms with E-state index in [1.54, 1.807) is 0 Å². The molecular weight excluding hydrogens is 340 g/mol. The first-order valence-electron chi connectivity index (χ1n) is 6.56. The molecule has 0 aliphatic carbocycles. The van der Waals surface area contributed by atoms with E-state index in [-0.39, 0.29) is 17.1 Å². The maximum absolute atomic E-state index is 13.2. The van der Waals surface area contributed by atoms with E-state index < -0.39 is 24.0 Å².